The Balaban J connectivity index is 2.37. The SMILES string of the molecule is CCn1cncc1CNc1c(C)ccc(C(=O)O)c1NC(C)=O. The van der Waals surface area contributed by atoms with Gasteiger partial charge >= 0.3 is 5.97 Å². The Labute approximate surface area is 134 Å². The molecule has 23 heavy (non-hydrogen) atoms. The minimum Gasteiger partial charge on any atom is -0.478 e. The summed E-state index contributed by atoms with van der Waals surface area (Å²) < 4.78 is 1.99. The van der Waals surface area contributed by atoms with Gasteiger partial charge in [0.2, 0.25) is 5.91 Å². The zero-order valence-corrected chi connectivity index (χ0v) is 13.4. The lowest BCUT2D eigenvalue weighted by Crippen LogP contribution is -2.15. The first-order valence-corrected chi connectivity index (χ1v) is 7.31. The van der Waals surface area contributed by atoms with E-state index >= 15 is 0 Å². The first-order valence-electron chi connectivity index (χ1n) is 7.31. The highest BCUT2D eigenvalue weighted by atomic mass is 16.4. The Kier molecular flexibility index (Phi) is 5.00. The molecule has 1 heterocycles. The summed E-state index contributed by atoms with van der Waals surface area (Å²) in [6, 6.07) is 3.21. The van der Waals surface area contributed by atoms with E-state index in [-0.39, 0.29) is 17.2 Å². The Morgan fingerprint density at radius 2 is 2.04 bits per heavy atom. The van der Waals surface area contributed by atoms with Crippen molar-refractivity contribution in [2.75, 3.05) is 10.6 Å². The van der Waals surface area contributed by atoms with Gasteiger partial charge in [-0.2, -0.15) is 0 Å². The number of carboxylic acid groups (broad SMARTS) is 1. The number of aromatic carboxylic acids is 1. The molecule has 1 aromatic carbocycles. The van der Waals surface area contributed by atoms with Crippen LogP contribution in [0.2, 0.25) is 0 Å². The zero-order chi connectivity index (χ0) is 17.0. The first-order chi connectivity index (χ1) is 10.9. The number of imidazole rings is 1. The Morgan fingerprint density at radius 1 is 1.30 bits per heavy atom. The molecule has 0 saturated carbocycles. The van der Waals surface area contributed by atoms with E-state index in [1.165, 1.54) is 13.0 Å². The molecule has 0 aliphatic rings. The number of nitrogens with one attached hydrogen (secondary N) is 2. The molecule has 1 aromatic heterocycles. The summed E-state index contributed by atoms with van der Waals surface area (Å²) in [6.45, 7) is 6.50. The molecule has 0 fully saturated rings. The molecule has 1 amide bonds. The topological polar surface area (TPSA) is 96.2 Å². The van der Waals surface area contributed by atoms with E-state index < -0.39 is 5.97 Å². The molecule has 0 aliphatic heterocycles. The molecule has 0 saturated heterocycles. The average molecular weight is 316 g/mol. The maximum atomic E-state index is 11.4. The van der Waals surface area contributed by atoms with Gasteiger partial charge in [-0.3, -0.25) is 4.79 Å². The second-order valence-electron chi connectivity index (χ2n) is 5.19. The highest BCUT2D eigenvalue weighted by Crippen LogP contribution is 2.30. The number of benzene rings is 1. The summed E-state index contributed by atoms with van der Waals surface area (Å²) in [4.78, 5) is 26.9. The number of hydrogen-bond acceptors (Lipinski definition) is 4. The predicted octanol–water partition coefficient (Wildman–Crippen LogP) is 2.48. The van der Waals surface area contributed by atoms with E-state index in [0.717, 1.165) is 17.8 Å². The van der Waals surface area contributed by atoms with Crippen molar-refractivity contribution in [3.05, 3.63) is 41.5 Å². The molecule has 0 radical (unpaired) electrons. The maximum Gasteiger partial charge on any atom is 0.337 e. The number of aryl methyl sites for hydroxylation is 2. The molecule has 7 nitrogen and oxygen atoms in total. The Bertz CT molecular complexity index is 737. The number of carboxylic acids is 1. The van der Waals surface area contributed by atoms with E-state index in [1.807, 2.05) is 18.4 Å². The highest BCUT2D eigenvalue weighted by molar-refractivity contribution is 6.04. The summed E-state index contributed by atoms with van der Waals surface area (Å²) in [5.41, 5.74) is 2.76. The van der Waals surface area contributed by atoms with Crippen LogP contribution in [-0.4, -0.2) is 26.5 Å². The fourth-order valence-corrected chi connectivity index (χ4v) is 2.38. The molecule has 7 heteroatoms. The Hall–Kier alpha value is -2.83. The number of aromatic nitrogens is 2. The predicted molar refractivity (Wildman–Crippen MR) is 87.7 cm³/mol. The second kappa shape index (κ2) is 6.95. The quantitative estimate of drug-likeness (QED) is 0.761. The van der Waals surface area contributed by atoms with Crippen molar-refractivity contribution >= 4 is 23.3 Å². The van der Waals surface area contributed by atoms with Gasteiger partial charge in [-0.15, -0.1) is 0 Å². The number of nitrogens with zero attached hydrogens (tertiary/aromatic N) is 2. The minimum absolute atomic E-state index is 0.0531. The lowest BCUT2D eigenvalue weighted by atomic mass is 10.1. The summed E-state index contributed by atoms with van der Waals surface area (Å²) in [5.74, 6) is -1.41. The van der Waals surface area contributed by atoms with Crippen molar-refractivity contribution in [3.63, 3.8) is 0 Å². The number of hydrogen-bond donors (Lipinski definition) is 3. The zero-order valence-electron chi connectivity index (χ0n) is 13.4. The van der Waals surface area contributed by atoms with Crippen LogP contribution in [0.3, 0.4) is 0 Å². The lowest BCUT2D eigenvalue weighted by Gasteiger charge is -2.17. The fraction of sp³-hybridized carbons (Fsp3) is 0.312. The van der Waals surface area contributed by atoms with Gasteiger partial charge in [-0.05, 0) is 25.5 Å². The van der Waals surface area contributed by atoms with Crippen LogP contribution in [0.25, 0.3) is 0 Å². The van der Waals surface area contributed by atoms with Crippen molar-refractivity contribution in [2.24, 2.45) is 0 Å². The van der Waals surface area contributed by atoms with Gasteiger partial charge in [0, 0.05) is 19.7 Å². The summed E-state index contributed by atoms with van der Waals surface area (Å²) >= 11 is 0. The standard InChI is InChI=1S/C16H20N4O3/c1-4-20-9-17-7-12(20)8-18-14-10(2)5-6-13(16(22)23)15(14)19-11(3)21/h5-7,9,18H,4,8H2,1-3H3,(H,19,21)(H,22,23). The van der Waals surface area contributed by atoms with Gasteiger partial charge in [-0.25, -0.2) is 9.78 Å². The van der Waals surface area contributed by atoms with Crippen LogP contribution < -0.4 is 10.6 Å². The summed E-state index contributed by atoms with van der Waals surface area (Å²) in [7, 11) is 0. The molecular formula is C16H20N4O3. The van der Waals surface area contributed by atoms with Crippen molar-refractivity contribution in [1.82, 2.24) is 9.55 Å². The minimum atomic E-state index is -1.09. The van der Waals surface area contributed by atoms with Gasteiger partial charge in [0.1, 0.15) is 0 Å². The van der Waals surface area contributed by atoms with Gasteiger partial charge in [-0.1, -0.05) is 6.07 Å². The number of carbonyl (C=O) groups is 2. The van der Waals surface area contributed by atoms with Gasteiger partial charge < -0.3 is 20.3 Å². The van der Waals surface area contributed by atoms with Crippen LogP contribution in [0.15, 0.2) is 24.7 Å². The van der Waals surface area contributed by atoms with Crippen molar-refractivity contribution in [3.8, 4) is 0 Å². The lowest BCUT2D eigenvalue weighted by molar-refractivity contribution is -0.114. The Morgan fingerprint density at radius 3 is 2.65 bits per heavy atom. The molecule has 0 aliphatic carbocycles. The third-order valence-electron chi connectivity index (χ3n) is 3.53. The average Bonchev–Trinajstić information content (AvgIpc) is 2.93. The smallest absolute Gasteiger partial charge is 0.337 e. The van der Waals surface area contributed by atoms with Crippen molar-refractivity contribution in [1.29, 1.82) is 0 Å². The number of carbonyl (C=O) groups excluding carboxylic acids is 1. The van der Waals surface area contributed by atoms with E-state index in [9.17, 15) is 14.7 Å². The molecule has 0 unspecified atom stereocenters. The monoisotopic (exact) mass is 316 g/mol. The van der Waals surface area contributed by atoms with Crippen LogP contribution in [0, 0.1) is 6.92 Å². The maximum absolute atomic E-state index is 11.4. The third-order valence-corrected chi connectivity index (χ3v) is 3.53. The second-order valence-corrected chi connectivity index (χ2v) is 5.19. The van der Waals surface area contributed by atoms with Crippen LogP contribution in [0.4, 0.5) is 11.4 Å². The first kappa shape index (κ1) is 16.5. The summed E-state index contributed by atoms with van der Waals surface area (Å²) in [5, 5.41) is 15.2. The number of amides is 1. The van der Waals surface area contributed by atoms with Crippen LogP contribution >= 0.6 is 0 Å². The normalized spacial score (nSPS) is 10.4. The number of rotatable bonds is 6. The molecule has 2 rings (SSSR count). The molecule has 3 N–H and O–H groups in total. The van der Waals surface area contributed by atoms with Crippen molar-refractivity contribution in [2.45, 2.75) is 33.9 Å². The van der Waals surface area contributed by atoms with Gasteiger partial charge in [0.15, 0.2) is 0 Å². The number of anilines is 2. The van der Waals surface area contributed by atoms with Crippen LogP contribution in [0.5, 0.6) is 0 Å². The fourth-order valence-electron chi connectivity index (χ4n) is 2.38. The molecular weight excluding hydrogens is 296 g/mol. The van der Waals surface area contributed by atoms with Gasteiger partial charge in [0.25, 0.3) is 0 Å². The van der Waals surface area contributed by atoms with E-state index in [2.05, 4.69) is 15.6 Å². The third kappa shape index (κ3) is 3.68. The van der Waals surface area contributed by atoms with Crippen LogP contribution in [0.1, 0.15) is 35.5 Å². The van der Waals surface area contributed by atoms with E-state index in [4.69, 9.17) is 0 Å². The van der Waals surface area contributed by atoms with E-state index in [1.54, 1.807) is 18.6 Å². The summed E-state index contributed by atoms with van der Waals surface area (Å²) in [6.07, 6.45) is 3.50. The largest absolute Gasteiger partial charge is 0.478 e. The van der Waals surface area contributed by atoms with E-state index in [0.29, 0.717) is 12.2 Å². The molecule has 0 spiro atoms. The highest BCUT2D eigenvalue weighted by Gasteiger charge is 2.17. The van der Waals surface area contributed by atoms with Crippen molar-refractivity contribution < 1.29 is 14.7 Å². The molecule has 0 bridgehead atoms. The molecule has 0 atom stereocenters. The van der Waals surface area contributed by atoms with Crippen LogP contribution in [-0.2, 0) is 17.9 Å². The van der Waals surface area contributed by atoms with Gasteiger partial charge in [0.05, 0.1) is 35.5 Å². The molecule has 122 valence electrons. The molecule has 2 aromatic rings.